The lowest BCUT2D eigenvalue weighted by Crippen LogP contribution is -2.41. The summed E-state index contributed by atoms with van der Waals surface area (Å²) in [6, 6.07) is 0. The van der Waals surface area contributed by atoms with Gasteiger partial charge >= 0.3 is 6.16 Å². The van der Waals surface area contributed by atoms with Gasteiger partial charge in [0.1, 0.15) is 11.4 Å². The molecular formula is C11H19NO4. The molecule has 0 amide bonds. The molecule has 0 bridgehead atoms. The Morgan fingerprint density at radius 2 is 2.06 bits per heavy atom. The summed E-state index contributed by atoms with van der Waals surface area (Å²) in [5.41, 5.74) is -0.561. The average molecular weight is 229 g/mol. The van der Waals surface area contributed by atoms with Gasteiger partial charge in [0.2, 0.25) is 0 Å². The fraction of sp³-hybridized carbons (Fsp3) is 0.818. The van der Waals surface area contributed by atoms with Crippen LogP contribution in [0.4, 0.5) is 4.79 Å². The molecule has 0 radical (unpaired) electrons. The van der Waals surface area contributed by atoms with Crippen molar-refractivity contribution >= 4 is 11.9 Å². The molecule has 5 heteroatoms. The van der Waals surface area contributed by atoms with Crippen molar-refractivity contribution in [2.75, 3.05) is 13.1 Å². The zero-order valence-corrected chi connectivity index (χ0v) is 10.3. The maximum atomic E-state index is 11.3. The topological polar surface area (TPSA) is 55.8 Å². The summed E-state index contributed by atoms with van der Waals surface area (Å²) in [6.45, 7) is 8.04. The van der Waals surface area contributed by atoms with Gasteiger partial charge in [-0.3, -0.25) is 4.79 Å². The molecule has 1 heterocycles. The summed E-state index contributed by atoms with van der Waals surface area (Å²) in [7, 11) is 0. The first-order chi connectivity index (χ1) is 7.28. The molecule has 0 aromatic heterocycles. The third-order valence-corrected chi connectivity index (χ3v) is 2.23. The van der Waals surface area contributed by atoms with E-state index >= 15 is 0 Å². The fourth-order valence-electron chi connectivity index (χ4n) is 1.44. The summed E-state index contributed by atoms with van der Waals surface area (Å²) >= 11 is 0. The molecule has 1 rings (SSSR count). The van der Waals surface area contributed by atoms with Crippen molar-refractivity contribution in [2.45, 2.75) is 39.7 Å². The first kappa shape index (κ1) is 13.0. The zero-order chi connectivity index (χ0) is 12.3. The van der Waals surface area contributed by atoms with Crippen molar-refractivity contribution in [3.05, 3.63) is 0 Å². The molecule has 1 atom stereocenters. The van der Waals surface area contributed by atoms with E-state index in [-0.39, 0.29) is 11.7 Å². The highest BCUT2D eigenvalue weighted by atomic mass is 16.8. The molecule has 0 spiro atoms. The van der Waals surface area contributed by atoms with Gasteiger partial charge in [0.25, 0.3) is 0 Å². The van der Waals surface area contributed by atoms with Crippen molar-refractivity contribution in [3.63, 3.8) is 0 Å². The Morgan fingerprint density at radius 1 is 1.44 bits per heavy atom. The Kier molecular flexibility index (Phi) is 3.91. The number of piperidine rings is 1. The SMILES string of the molecule is CC1CN(OC(=O)OC(C)(C)C)CCC1=O. The summed E-state index contributed by atoms with van der Waals surface area (Å²) in [4.78, 5) is 27.6. The lowest BCUT2D eigenvalue weighted by molar-refractivity contribution is -0.165. The highest BCUT2D eigenvalue weighted by Crippen LogP contribution is 2.14. The highest BCUT2D eigenvalue weighted by Gasteiger charge is 2.27. The first-order valence-corrected chi connectivity index (χ1v) is 5.46. The summed E-state index contributed by atoms with van der Waals surface area (Å²) < 4.78 is 5.01. The molecule has 5 nitrogen and oxygen atoms in total. The van der Waals surface area contributed by atoms with E-state index in [1.807, 2.05) is 6.92 Å². The zero-order valence-electron chi connectivity index (χ0n) is 10.3. The van der Waals surface area contributed by atoms with Crippen LogP contribution in [0.5, 0.6) is 0 Å². The van der Waals surface area contributed by atoms with Crippen LogP contribution in [0.25, 0.3) is 0 Å². The Morgan fingerprint density at radius 3 is 2.56 bits per heavy atom. The molecule has 1 fully saturated rings. The second-order valence-corrected chi connectivity index (χ2v) is 5.06. The molecule has 0 aromatic rings. The number of carbonyl (C=O) groups excluding carboxylic acids is 2. The van der Waals surface area contributed by atoms with Gasteiger partial charge in [0.05, 0.1) is 0 Å². The van der Waals surface area contributed by atoms with Crippen molar-refractivity contribution in [1.82, 2.24) is 5.06 Å². The van der Waals surface area contributed by atoms with Crippen molar-refractivity contribution in [2.24, 2.45) is 5.92 Å². The quantitative estimate of drug-likeness (QED) is 0.641. The van der Waals surface area contributed by atoms with Crippen LogP contribution in [0, 0.1) is 5.92 Å². The minimum atomic E-state index is -0.714. The van der Waals surface area contributed by atoms with E-state index in [1.165, 1.54) is 5.06 Å². The van der Waals surface area contributed by atoms with E-state index in [4.69, 9.17) is 9.57 Å². The fourth-order valence-corrected chi connectivity index (χ4v) is 1.44. The van der Waals surface area contributed by atoms with Gasteiger partial charge in [-0.2, -0.15) is 0 Å². The van der Waals surface area contributed by atoms with E-state index < -0.39 is 11.8 Å². The minimum Gasteiger partial charge on any atom is -0.427 e. The molecular weight excluding hydrogens is 210 g/mol. The number of Topliss-reactive ketones (excluding diaryl/α,β-unsaturated/α-hetero) is 1. The van der Waals surface area contributed by atoms with E-state index in [0.29, 0.717) is 19.5 Å². The third kappa shape index (κ3) is 4.18. The second kappa shape index (κ2) is 4.82. The van der Waals surface area contributed by atoms with Crippen molar-refractivity contribution in [1.29, 1.82) is 0 Å². The predicted octanol–water partition coefficient (Wildman–Crippen LogP) is 1.76. The normalized spacial score (nSPS) is 23.0. The molecule has 1 aliphatic rings. The average Bonchev–Trinajstić information content (AvgIpc) is 2.08. The van der Waals surface area contributed by atoms with Gasteiger partial charge in [0.15, 0.2) is 0 Å². The molecule has 1 saturated heterocycles. The standard InChI is InChI=1S/C11H19NO4/c1-8-7-12(6-5-9(8)13)16-10(14)15-11(2,3)4/h8H,5-7H2,1-4H3. The lowest BCUT2D eigenvalue weighted by atomic mass is 10.0. The van der Waals surface area contributed by atoms with Crippen LogP contribution < -0.4 is 0 Å². The molecule has 0 aromatic carbocycles. The van der Waals surface area contributed by atoms with E-state index in [1.54, 1.807) is 20.8 Å². The van der Waals surface area contributed by atoms with Crippen LogP contribution in [-0.2, 0) is 14.4 Å². The number of nitrogens with zero attached hydrogens (tertiary/aromatic N) is 1. The number of hydrogen-bond donors (Lipinski definition) is 0. The van der Waals surface area contributed by atoms with Gasteiger partial charge in [-0.25, -0.2) is 4.79 Å². The molecule has 0 aliphatic carbocycles. The third-order valence-electron chi connectivity index (χ3n) is 2.23. The number of rotatable bonds is 1. The summed E-state index contributed by atoms with van der Waals surface area (Å²) in [5, 5.41) is 1.49. The van der Waals surface area contributed by atoms with Crippen LogP contribution in [0.3, 0.4) is 0 Å². The van der Waals surface area contributed by atoms with Crippen LogP contribution >= 0.6 is 0 Å². The van der Waals surface area contributed by atoms with Crippen LogP contribution in [0.15, 0.2) is 0 Å². The monoisotopic (exact) mass is 229 g/mol. The van der Waals surface area contributed by atoms with Crippen LogP contribution in [0.1, 0.15) is 34.1 Å². The largest absolute Gasteiger partial charge is 0.528 e. The second-order valence-electron chi connectivity index (χ2n) is 5.06. The van der Waals surface area contributed by atoms with Gasteiger partial charge in [-0.1, -0.05) is 6.92 Å². The predicted molar refractivity (Wildman–Crippen MR) is 57.7 cm³/mol. The van der Waals surface area contributed by atoms with Crippen molar-refractivity contribution in [3.8, 4) is 0 Å². The summed E-state index contributed by atoms with van der Waals surface area (Å²) in [5.74, 6) is 0.125. The highest BCUT2D eigenvalue weighted by molar-refractivity contribution is 5.81. The molecule has 0 saturated carbocycles. The van der Waals surface area contributed by atoms with Gasteiger partial charge in [-0.05, 0) is 20.8 Å². The van der Waals surface area contributed by atoms with E-state index in [9.17, 15) is 9.59 Å². The maximum absolute atomic E-state index is 11.3. The lowest BCUT2D eigenvalue weighted by Gasteiger charge is -2.29. The van der Waals surface area contributed by atoms with Gasteiger partial charge in [0, 0.05) is 25.4 Å². The first-order valence-electron chi connectivity index (χ1n) is 5.46. The van der Waals surface area contributed by atoms with Crippen molar-refractivity contribution < 1.29 is 19.2 Å². The van der Waals surface area contributed by atoms with Crippen LogP contribution in [0.2, 0.25) is 0 Å². The Hall–Kier alpha value is -1.10. The molecule has 1 aliphatic heterocycles. The smallest absolute Gasteiger partial charge is 0.427 e. The number of carbonyl (C=O) groups is 2. The van der Waals surface area contributed by atoms with E-state index in [0.717, 1.165) is 0 Å². The number of hydrogen-bond acceptors (Lipinski definition) is 5. The van der Waals surface area contributed by atoms with Gasteiger partial charge < -0.3 is 9.57 Å². The van der Waals surface area contributed by atoms with Gasteiger partial charge in [-0.15, -0.1) is 5.06 Å². The maximum Gasteiger partial charge on any atom is 0.528 e. The summed E-state index contributed by atoms with van der Waals surface area (Å²) in [6.07, 6.45) is -0.293. The van der Waals surface area contributed by atoms with E-state index in [2.05, 4.69) is 0 Å². The Labute approximate surface area is 95.6 Å². The number of ketones is 1. The Balaban J connectivity index is 2.38. The Bertz CT molecular complexity index is 282. The van der Waals surface area contributed by atoms with Crippen LogP contribution in [-0.4, -0.2) is 35.7 Å². The number of ether oxygens (including phenoxy) is 1. The molecule has 16 heavy (non-hydrogen) atoms. The number of hydroxylamine groups is 2. The molecule has 1 unspecified atom stereocenters. The molecule has 0 N–H and O–H groups in total. The molecule has 92 valence electrons. The minimum absolute atomic E-state index is 0.0869.